The Morgan fingerprint density at radius 1 is 0.694 bits per heavy atom. The molecule has 10 heteroatoms. The Hall–Kier alpha value is -3.24. The summed E-state index contributed by atoms with van der Waals surface area (Å²) in [5.41, 5.74) is 2.82. The van der Waals surface area contributed by atoms with Crippen LogP contribution in [0.1, 0.15) is 32.1 Å². The van der Waals surface area contributed by atoms with E-state index < -0.39 is 0 Å². The van der Waals surface area contributed by atoms with Gasteiger partial charge < -0.3 is 30.4 Å². The van der Waals surface area contributed by atoms with Crippen molar-refractivity contribution in [3.05, 3.63) is 37.2 Å². The monoisotopic (exact) mass is 486 g/mol. The molecule has 2 saturated heterocycles. The molecule has 0 amide bonds. The molecule has 6 heterocycles. The number of aromatic nitrogens is 6. The highest BCUT2D eigenvalue weighted by Gasteiger charge is 2.45. The molecule has 36 heavy (non-hydrogen) atoms. The van der Waals surface area contributed by atoms with Crippen molar-refractivity contribution in [1.82, 2.24) is 40.5 Å². The molecule has 8 rings (SSSR count). The van der Waals surface area contributed by atoms with Gasteiger partial charge in [0.05, 0.1) is 10.8 Å². The first kappa shape index (κ1) is 22.0. The zero-order chi connectivity index (χ0) is 24.0. The molecular weight excluding hydrogens is 452 g/mol. The summed E-state index contributed by atoms with van der Waals surface area (Å²) < 4.78 is 0. The van der Waals surface area contributed by atoms with Gasteiger partial charge in [0.1, 0.15) is 35.6 Å². The Morgan fingerprint density at radius 3 is 2.03 bits per heavy atom. The molecule has 2 saturated carbocycles. The lowest BCUT2D eigenvalue weighted by Gasteiger charge is -2.25. The summed E-state index contributed by atoms with van der Waals surface area (Å²) in [6.07, 6.45) is 13.8. The minimum absolute atomic E-state index is 0.457. The van der Waals surface area contributed by atoms with E-state index in [0.29, 0.717) is 11.0 Å². The second-order valence-corrected chi connectivity index (χ2v) is 10.9. The molecule has 2 aliphatic carbocycles. The molecule has 4 fully saturated rings. The van der Waals surface area contributed by atoms with Crippen molar-refractivity contribution >= 4 is 33.7 Å². The van der Waals surface area contributed by atoms with Crippen molar-refractivity contribution in [3.63, 3.8) is 0 Å². The number of anilines is 2. The summed E-state index contributed by atoms with van der Waals surface area (Å²) >= 11 is 0. The summed E-state index contributed by atoms with van der Waals surface area (Å²) in [6.45, 7) is 7.51. The maximum absolute atomic E-state index is 4.50. The van der Waals surface area contributed by atoms with Crippen LogP contribution in [-0.4, -0.2) is 81.3 Å². The van der Waals surface area contributed by atoms with E-state index in [0.717, 1.165) is 79.5 Å². The standard InChI is InChI=1S/2C13H17N5/c1-5-14-11-10(1)12(16-9-15-11)18-7-4-13(2-3-13)17-6-8-18;1-4-15-11-10(1)12(17-9-16-11)18-6-5-14-7-13(8-18)2-3-13/h1,5,9,17H,2-4,6-8H2,(H,14,15,16);1,4,9,14H,2-3,5-8H2,(H,15,16,17). The van der Waals surface area contributed by atoms with Crippen LogP contribution >= 0.6 is 0 Å². The van der Waals surface area contributed by atoms with Gasteiger partial charge in [-0.05, 0) is 44.2 Å². The van der Waals surface area contributed by atoms with E-state index in [2.05, 4.69) is 62.5 Å². The molecule has 0 bridgehead atoms. The molecular formula is C26H34N10. The lowest BCUT2D eigenvalue weighted by Crippen LogP contribution is -2.32. The highest BCUT2D eigenvalue weighted by Crippen LogP contribution is 2.47. The molecule has 10 nitrogen and oxygen atoms in total. The Kier molecular flexibility index (Phi) is 5.32. The molecule has 2 spiro atoms. The van der Waals surface area contributed by atoms with Gasteiger partial charge >= 0.3 is 0 Å². The Labute approximate surface area is 210 Å². The van der Waals surface area contributed by atoms with E-state index in [4.69, 9.17) is 0 Å². The number of nitrogens with zero attached hydrogens (tertiary/aromatic N) is 6. The average molecular weight is 487 g/mol. The maximum Gasteiger partial charge on any atom is 0.142 e. The van der Waals surface area contributed by atoms with Crippen molar-refractivity contribution in [2.45, 2.75) is 37.6 Å². The second kappa shape index (κ2) is 8.70. The number of H-pyrrole nitrogens is 2. The minimum atomic E-state index is 0.457. The molecule has 4 aliphatic rings. The van der Waals surface area contributed by atoms with Crippen LogP contribution in [0.25, 0.3) is 22.1 Å². The molecule has 4 N–H and O–H groups in total. The number of hydrogen-bond donors (Lipinski definition) is 4. The quantitative estimate of drug-likeness (QED) is 0.342. The van der Waals surface area contributed by atoms with Gasteiger partial charge in [-0.15, -0.1) is 0 Å². The zero-order valence-corrected chi connectivity index (χ0v) is 20.6. The predicted octanol–water partition coefficient (Wildman–Crippen LogP) is 2.44. The molecule has 0 atom stereocenters. The van der Waals surface area contributed by atoms with E-state index in [1.807, 2.05) is 12.4 Å². The second-order valence-electron chi connectivity index (χ2n) is 10.9. The number of hydrogen-bond acceptors (Lipinski definition) is 8. The fraction of sp³-hybridized carbons (Fsp3) is 0.538. The van der Waals surface area contributed by atoms with Gasteiger partial charge in [-0.2, -0.15) is 0 Å². The third-order valence-corrected chi connectivity index (χ3v) is 8.40. The average Bonchev–Trinajstić information content (AvgIpc) is 3.78. The molecule has 2 aliphatic heterocycles. The van der Waals surface area contributed by atoms with Crippen LogP contribution in [0.5, 0.6) is 0 Å². The first-order valence-corrected chi connectivity index (χ1v) is 13.2. The van der Waals surface area contributed by atoms with Crippen molar-refractivity contribution < 1.29 is 0 Å². The lowest BCUT2D eigenvalue weighted by atomic mass is 10.1. The summed E-state index contributed by atoms with van der Waals surface area (Å²) in [5, 5.41) is 9.49. The van der Waals surface area contributed by atoms with Crippen molar-refractivity contribution in [2.75, 3.05) is 55.6 Å². The molecule has 188 valence electrons. The Morgan fingerprint density at radius 2 is 1.36 bits per heavy atom. The highest BCUT2D eigenvalue weighted by molar-refractivity contribution is 5.88. The summed E-state index contributed by atoms with van der Waals surface area (Å²) in [4.78, 5) is 28.6. The summed E-state index contributed by atoms with van der Waals surface area (Å²) in [6, 6.07) is 4.14. The highest BCUT2D eigenvalue weighted by atomic mass is 15.2. The fourth-order valence-electron chi connectivity index (χ4n) is 5.82. The fourth-order valence-corrected chi connectivity index (χ4v) is 5.82. The van der Waals surface area contributed by atoms with Gasteiger partial charge in [0.2, 0.25) is 0 Å². The molecule has 4 aromatic rings. The van der Waals surface area contributed by atoms with E-state index in [9.17, 15) is 0 Å². The lowest BCUT2D eigenvalue weighted by molar-refractivity contribution is 0.500. The van der Waals surface area contributed by atoms with Gasteiger partial charge in [-0.3, -0.25) is 0 Å². The SMILES string of the molecule is c1nc(N2CCNC3(CC2)CC3)c2cc[nH]c2n1.c1nc(N2CCNCC3(CC3)C2)c2cc[nH]c2n1. The topological polar surface area (TPSA) is 114 Å². The zero-order valence-electron chi connectivity index (χ0n) is 20.6. The molecule has 0 radical (unpaired) electrons. The van der Waals surface area contributed by atoms with Crippen LogP contribution in [0.2, 0.25) is 0 Å². The van der Waals surface area contributed by atoms with Gasteiger partial charge in [0.15, 0.2) is 0 Å². The van der Waals surface area contributed by atoms with E-state index in [1.54, 1.807) is 12.7 Å². The van der Waals surface area contributed by atoms with Crippen LogP contribution in [0.3, 0.4) is 0 Å². The first-order valence-electron chi connectivity index (χ1n) is 13.2. The largest absolute Gasteiger partial charge is 0.355 e. The molecule has 0 aromatic carbocycles. The van der Waals surface area contributed by atoms with Crippen molar-refractivity contribution in [2.24, 2.45) is 5.41 Å². The van der Waals surface area contributed by atoms with E-state index in [-0.39, 0.29) is 0 Å². The van der Waals surface area contributed by atoms with Crippen LogP contribution in [-0.2, 0) is 0 Å². The molecule has 4 aromatic heterocycles. The Balaban J connectivity index is 0.000000122. The third kappa shape index (κ3) is 4.18. The van der Waals surface area contributed by atoms with Gasteiger partial charge in [0, 0.05) is 69.2 Å². The molecule has 0 unspecified atom stereocenters. The van der Waals surface area contributed by atoms with Crippen molar-refractivity contribution in [3.8, 4) is 0 Å². The van der Waals surface area contributed by atoms with Gasteiger partial charge in [-0.1, -0.05) is 0 Å². The third-order valence-electron chi connectivity index (χ3n) is 8.40. The number of fused-ring (bicyclic) bond motifs is 2. The van der Waals surface area contributed by atoms with E-state index >= 15 is 0 Å². The van der Waals surface area contributed by atoms with Crippen molar-refractivity contribution in [1.29, 1.82) is 0 Å². The number of rotatable bonds is 2. The number of nitrogens with one attached hydrogen (secondary N) is 4. The number of aromatic amines is 2. The van der Waals surface area contributed by atoms with Crippen LogP contribution < -0.4 is 20.4 Å². The minimum Gasteiger partial charge on any atom is -0.355 e. The summed E-state index contributed by atoms with van der Waals surface area (Å²) in [7, 11) is 0. The smallest absolute Gasteiger partial charge is 0.142 e. The van der Waals surface area contributed by atoms with E-state index in [1.165, 1.54) is 32.1 Å². The first-order chi connectivity index (χ1) is 17.7. The van der Waals surface area contributed by atoms with Crippen LogP contribution in [0.4, 0.5) is 11.6 Å². The summed E-state index contributed by atoms with van der Waals surface area (Å²) in [5.74, 6) is 2.15. The maximum atomic E-state index is 4.50. The van der Waals surface area contributed by atoms with Gasteiger partial charge in [-0.25, -0.2) is 19.9 Å². The van der Waals surface area contributed by atoms with Gasteiger partial charge in [0.25, 0.3) is 0 Å². The Bertz CT molecular complexity index is 1350. The van der Waals surface area contributed by atoms with Crippen LogP contribution in [0, 0.1) is 5.41 Å². The normalized spacial score (nSPS) is 22.3. The van der Waals surface area contributed by atoms with Crippen LogP contribution in [0.15, 0.2) is 37.2 Å². The predicted molar refractivity (Wildman–Crippen MR) is 141 cm³/mol.